The van der Waals surface area contributed by atoms with E-state index in [0.29, 0.717) is 6.42 Å². The minimum absolute atomic E-state index is 0. The van der Waals surface area contributed by atoms with E-state index >= 15 is 0 Å². The summed E-state index contributed by atoms with van der Waals surface area (Å²) in [5.41, 5.74) is 1.20. The van der Waals surface area contributed by atoms with Crippen LogP contribution in [0.25, 0.3) is 0 Å². The largest absolute Gasteiger partial charge is 1.00 e. The molecule has 0 fully saturated rings. The first-order valence-corrected chi connectivity index (χ1v) is 8.18. The number of hydrogen-bond acceptors (Lipinski definition) is 5. The van der Waals surface area contributed by atoms with E-state index in [9.17, 15) is 14.7 Å². The van der Waals surface area contributed by atoms with Crippen LogP contribution in [0.2, 0.25) is 0 Å². The van der Waals surface area contributed by atoms with Gasteiger partial charge in [0.1, 0.15) is 0 Å². The van der Waals surface area contributed by atoms with Gasteiger partial charge in [0.05, 0.1) is 13.0 Å². The number of thioether (sulfide) groups is 1. The Hall–Kier alpha value is -0.750. The molecule has 0 aromatic heterocycles. The molecule has 0 saturated carbocycles. The molecule has 23 heavy (non-hydrogen) atoms. The number of ether oxygens (including phenoxy) is 1. The second-order valence-corrected chi connectivity index (χ2v) is 6.60. The van der Waals surface area contributed by atoms with Crippen LogP contribution in [0.3, 0.4) is 0 Å². The number of ketones is 1. The molecule has 2 atom stereocenters. The van der Waals surface area contributed by atoms with Crippen LogP contribution in [-0.2, 0) is 14.3 Å². The van der Waals surface area contributed by atoms with Crippen molar-refractivity contribution in [3.8, 4) is 0 Å². The molecule has 6 heteroatoms. The Morgan fingerprint density at radius 2 is 2.00 bits per heavy atom. The zero-order valence-electron chi connectivity index (χ0n) is 13.7. The van der Waals surface area contributed by atoms with Crippen molar-refractivity contribution in [2.75, 3.05) is 12.9 Å². The van der Waals surface area contributed by atoms with E-state index < -0.39 is 17.6 Å². The predicted octanol–water partition coefficient (Wildman–Crippen LogP) is -0.896. The summed E-state index contributed by atoms with van der Waals surface area (Å²) in [5, 5.41) is 11.9. The van der Waals surface area contributed by atoms with Crippen molar-refractivity contribution in [2.45, 2.75) is 24.7 Å². The Labute approximate surface area is 163 Å². The van der Waals surface area contributed by atoms with Gasteiger partial charge in [-0.2, -0.15) is 0 Å². The van der Waals surface area contributed by atoms with E-state index in [-0.39, 0.29) is 47.7 Å². The van der Waals surface area contributed by atoms with Gasteiger partial charge >= 0.3 is 35.5 Å². The first-order chi connectivity index (χ1) is 10.5. The first kappa shape index (κ1) is 20.3. The third-order valence-electron chi connectivity index (χ3n) is 3.78. The molecule has 1 aromatic rings. The van der Waals surface area contributed by atoms with E-state index in [0.717, 1.165) is 16.7 Å². The SMILES string of the molecule is COC(=O)C1C([O-])=CC(=O)CC1CCSc1ccc(C)cc1.[Na+]. The molecule has 1 aliphatic rings. The van der Waals surface area contributed by atoms with Crippen molar-refractivity contribution in [1.82, 2.24) is 0 Å². The van der Waals surface area contributed by atoms with Crippen molar-refractivity contribution in [1.29, 1.82) is 0 Å². The zero-order valence-corrected chi connectivity index (χ0v) is 16.5. The number of carbonyl (C=O) groups is 2. The molecule has 0 heterocycles. The maximum absolute atomic E-state index is 11.9. The number of esters is 1. The van der Waals surface area contributed by atoms with Crippen LogP contribution in [0.1, 0.15) is 18.4 Å². The summed E-state index contributed by atoms with van der Waals surface area (Å²) in [6.45, 7) is 2.03. The third kappa shape index (κ3) is 5.68. The molecule has 0 aliphatic heterocycles. The van der Waals surface area contributed by atoms with Crippen LogP contribution in [0.4, 0.5) is 0 Å². The smallest absolute Gasteiger partial charge is 0.875 e. The summed E-state index contributed by atoms with van der Waals surface area (Å²) in [4.78, 5) is 24.5. The number of methoxy groups -OCH3 is 1. The van der Waals surface area contributed by atoms with E-state index in [2.05, 4.69) is 0 Å². The van der Waals surface area contributed by atoms with Crippen LogP contribution in [-0.4, -0.2) is 24.6 Å². The normalized spacial score (nSPS) is 20.4. The number of allylic oxidation sites excluding steroid dienone is 1. The monoisotopic (exact) mass is 342 g/mol. The molecule has 0 spiro atoms. The van der Waals surface area contributed by atoms with Gasteiger partial charge in [0, 0.05) is 11.3 Å². The average Bonchev–Trinajstić information content (AvgIpc) is 2.48. The molecule has 0 saturated heterocycles. The fourth-order valence-electron chi connectivity index (χ4n) is 2.58. The minimum Gasteiger partial charge on any atom is -0.875 e. The number of carbonyl (C=O) groups excluding carboxylic acids is 2. The van der Waals surface area contributed by atoms with Gasteiger partial charge < -0.3 is 9.84 Å². The van der Waals surface area contributed by atoms with Crippen molar-refractivity contribution in [3.63, 3.8) is 0 Å². The Kier molecular flexibility index (Phi) is 8.40. The first-order valence-electron chi connectivity index (χ1n) is 7.20. The molecule has 2 rings (SSSR count). The summed E-state index contributed by atoms with van der Waals surface area (Å²) in [6.07, 6.45) is 1.90. The topological polar surface area (TPSA) is 66.4 Å². The Morgan fingerprint density at radius 1 is 1.35 bits per heavy atom. The van der Waals surface area contributed by atoms with Gasteiger partial charge in [-0.1, -0.05) is 17.7 Å². The van der Waals surface area contributed by atoms with E-state index in [1.54, 1.807) is 11.8 Å². The standard InChI is InChI=1S/C17H20O4S.Na/c1-11-3-5-14(6-4-11)22-8-7-12-9-13(18)10-15(19)16(12)17(20)21-2;/h3-6,10,12,16,19H,7-9H2,1-2H3;/q;+1/p-1. The summed E-state index contributed by atoms with van der Waals surface area (Å²) in [7, 11) is 1.27. The van der Waals surface area contributed by atoms with Gasteiger partial charge in [0.2, 0.25) is 0 Å². The van der Waals surface area contributed by atoms with Gasteiger partial charge in [0.25, 0.3) is 0 Å². The molecule has 0 amide bonds. The van der Waals surface area contributed by atoms with Gasteiger partial charge in [-0.25, -0.2) is 0 Å². The molecule has 1 aliphatic carbocycles. The van der Waals surface area contributed by atoms with Gasteiger partial charge in [0.15, 0.2) is 5.78 Å². The van der Waals surface area contributed by atoms with Gasteiger partial charge in [-0.15, -0.1) is 17.5 Å². The molecule has 118 valence electrons. The molecule has 1 aromatic carbocycles. The van der Waals surface area contributed by atoms with Crippen LogP contribution in [0.15, 0.2) is 41.0 Å². The average molecular weight is 342 g/mol. The maximum atomic E-state index is 11.9. The zero-order chi connectivity index (χ0) is 16.1. The second-order valence-electron chi connectivity index (χ2n) is 5.43. The number of hydrogen-bond donors (Lipinski definition) is 0. The quantitative estimate of drug-likeness (QED) is 0.394. The fourth-order valence-corrected chi connectivity index (χ4v) is 3.57. The fraction of sp³-hybridized carbons (Fsp3) is 0.412. The molecular weight excluding hydrogens is 323 g/mol. The maximum Gasteiger partial charge on any atom is 1.00 e. The Balaban J connectivity index is 0.00000264. The minimum atomic E-state index is -0.832. The van der Waals surface area contributed by atoms with Gasteiger partial charge in [-0.05, 0) is 43.2 Å². The van der Waals surface area contributed by atoms with Crippen molar-refractivity contribution < 1.29 is 49.0 Å². The molecule has 0 radical (unpaired) electrons. The van der Waals surface area contributed by atoms with Crippen LogP contribution in [0, 0.1) is 18.8 Å². The van der Waals surface area contributed by atoms with Crippen molar-refractivity contribution in [2.24, 2.45) is 11.8 Å². The summed E-state index contributed by atoms with van der Waals surface area (Å²) in [6, 6.07) is 8.18. The van der Waals surface area contributed by atoms with Crippen molar-refractivity contribution >= 4 is 23.5 Å². The number of rotatable bonds is 5. The summed E-state index contributed by atoms with van der Waals surface area (Å²) >= 11 is 1.66. The van der Waals surface area contributed by atoms with E-state index in [4.69, 9.17) is 4.74 Å². The molecule has 4 nitrogen and oxygen atoms in total. The Bertz CT molecular complexity index is 583. The van der Waals surface area contributed by atoms with Crippen LogP contribution < -0.4 is 34.7 Å². The summed E-state index contributed by atoms with van der Waals surface area (Å²) in [5.74, 6) is -1.51. The molecule has 2 unspecified atom stereocenters. The summed E-state index contributed by atoms with van der Waals surface area (Å²) < 4.78 is 4.71. The van der Waals surface area contributed by atoms with Crippen LogP contribution in [0.5, 0.6) is 0 Å². The second kappa shape index (κ2) is 9.52. The van der Waals surface area contributed by atoms with E-state index in [1.807, 2.05) is 31.2 Å². The predicted molar refractivity (Wildman–Crippen MR) is 83.2 cm³/mol. The van der Waals surface area contributed by atoms with Gasteiger partial charge in [-0.3, -0.25) is 9.59 Å². The van der Waals surface area contributed by atoms with Crippen LogP contribution >= 0.6 is 11.8 Å². The Morgan fingerprint density at radius 3 is 2.61 bits per heavy atom. The molecule has 0 bridgehead atoms. The van der Waals surface area contributed by atoms with E-state index in [1.165, 1.54) is 12.7 Å². The number of aryl methyl sites for hydroxylation is 1. The number of benzene rings is 1. The molecule has 0 N–H and O–H groups in total. The van der Waals surface area contributed by atoms with Crippen molar-refractivity contribution in [3.05, 3.63) is 41.7 Å². The molecular formula is C17H19NaO4S. The third-order valence-corrected chi connectivity index (χ3v) is 4.82.